The molecule has 3 heterocycles. The van der Waals surface area contributed by atoms with Crippen molar-refractivity contribution in [1.29, 1.82) is 0 Å². The Morgan fingerprint density at radius 1 is 1.26 bits per heavy atom. The predicted molar refractivity (Wildman–Crippen MR) is 91.4 cm³/mol. The molecule has 2 aromatic rings. The lowest BCUT2D eigenvalue weighted by Crippen LogP contribution is -2.42. The Labute approximate surface area is 140 Å². The normalized spacial score (nSPS) is 18.4. The Balaban J connectivity index is 1.63. The second-order valence-corrected chi connectivity index (χ2v) is 6.73. The SMILES string of the molecule is O=C(NCCc1nccs1)N1CCCCCC1c1ccncc1. The summed E-state index contributed by atoms with van der Waals surface area (Å²) in [6, 6.07) is 4.23. The fourth-order valence-electron chi connectivity index (χ4n) is 3.04. The average Bonchev–Trinajstić information content (AvgIpc) is 2.97. The van der Waals surface area contributed by atoms with E-state index in [1.54, 1.807) is 29.9 Å². The minimum Gasteiger partial charge on any atom is -0.338 e. The van der Waals surface area contributed by atoms with Gasteiger partial charge in [-0.25, -0.2) is 9.78 Å². The van der Waals surface area contributed by atoms with E-state index in [0.717, 1.165) is 37.2 Å². The molecule has 2 aromatic heterocycles. The molecule has 0 bridgehead atoms. The first-order chi connectivity index (χ1) is 11.3. The number of likely N-dealkylation sites (tertiary alicyclic amines) is 1. The van der Waals surface area contributed by atoms with Crippen molar-refractivity contribution in [3.8, 4) is 0 Å². The van der Waals surface area contributed by atoms with Crippen molar-refractivity contribution in [2.45, 2.75) is 38.1 Å². The van der Waals surface area contributed by atoms with Crippen LogP contribution in [0.15, 0.2) is 36.1 Å². The maximum absolute atomic E-state index is 12.6. The molecule has 0 spiro atoms. The molecule has 6 heteroatoms. The molecule has 1 N–H and O–H groups in total. The summed E-state index contributed by atoms with van der Waals surface area (Å²) in [4.78, 5) is 23.0. The van der Waals surface area contributed by atoms with Gasteiger partial charge in [-0.05, 0) is 30.5 Å². The minimum absolute atomic E-state index is 0.0327. The highest BCUT2D eigenvalue weighted by molar-refractivity contribution is 7.09. The summed E-state index contributed by atoms with van der Waals surface area (Å²) in [6.07, 6.45) is 10.6. The Morgan fingerprint density at radius 3 is 2.91 bits per heavy atom. The van der Waals surface area contributed by atoms with Gasteiger partial charge in [-0.15, -0.1) is 11.3 Å². The lowest BCUT2D eigenvalue weighted by molar-refractivity contribution is 0.176. The summed E-state index contributed by atoms with van der Waals surface area (Å²) in [6.45, 7) is 1.45. The molecule has 0 saturated carbocycles. The van der Waals surface area contributed by atoms with Crippen LogP contribution in [0, 0.1) is 0 Å². The van der Waals surface area contributed by atoms with Gasteiger partial charge in [0.25, 0.3) is 0 Å². The second-order valence-electron chi connectivity index (χ2n) is 5.75. The number of pyridine rings is 1. The van der Waals surface area contributed by atoms with E-state index in [1.165, 1.54) is 12.0 Å². The molecule has 0 aromatic carbocycles. The third-order valence-corrected chi connectivity index (χ3v) is 5.04. The number of carbonyl (C=O) groups is 1. The molecule has 0 aliphatic carbocycles. The quantitative estimate of drug-likeness (QED) is 0.934. The highest BCUT2D eigenvalue weighted by atomic mass is 32.1. The molecule has 1 aliphatic rings. The fraction of sp³-hybridized carbons (Fsp3) is 0.471. The van der Waals surface area contributed by atoms with Crippen molar-refractivity contribution >= 4 is 17.4 Å². The van der Waals surface area contributed by atoms with Crippen LogP contribution < -0.4 is 5.32 Å². The van der Waals surface area contributed by atoms with E-state index in [4.69, 9.17) is 0 Å². The van der Waals surface area contributed by atoms with Crippen molar-refractivity contribution in [1.82, 2.24) is 20.2 Å². The number of aromatic nitrogens is 2. The van der Waals surface area contributed by atoms with Gasteiger partial charge >= 0.3 is 6.03 Å². The first-order valence-corrected chi connectivity index (χ1v) is 9.05. The molecule has 23 heavy (non-hydrogen) atoms. The first kappa shape index (κ1) is 15.9. The van der Waals surface area contributed by atoms with Crippen LogP contribution in [0.5, 0.6) is 0 Å². The van der Waals surface area contributed by atoms with E-state index in [2.05, 4.69) is 15.3 Å². The zero-order valence-electron chi connectivity index (χ0n) is 13.1. The lowest BCUT2D eigenvalue weighted by atomic mass is 10.0. The van der Waals surface area contributed by atoms with Gasteiger partial charge in [-0.2, -0.15) is 0 Å². The number of urea groups is 1. The van der Waals surface area contributed by atoms with Gasteiger partial charge in [0, 0.05) is 43.5 Å². The van der Waals surface area contributed by atoms with Crippen molar-refractivity contribution in [3.63, 3.8) is 0 Å². The van der Waals surface area contributed by atoms with Crippen molar-refractivity contribution in [3.05, 3.63) is 46.7 Å². The van der Waals surface area contributed by atoms with Crippen LogP contribution in [-0.2, 0) is 6.42 Å². The van der Waals surface area contributed by atoms with Gasteiger partial charge in [0.15, 0.2) is 0 Å². The van der Waals surface area contributed by atoms with Gasteiger partial charge in [0.2, 0.25) is 0 Å². The number of hydrogen-bond donors (Lipinski definition) is 1. The van der Waals surface area contributed by atoms with Crippen LogP contribution in [0.3, 0.4) is 0 Å². The van der Waals surface area contributed by atoms with Crippen molar-refractivity contribution < 1.29 is 4.79 Å². The number of nitrogens with one attached hydrogen (secondary N) is 1. The first-order valence-electron chi connectivity index (χ1n) is 8.17. The van der Waals surface area contributed by atoms with Crippen LogP contribution in [0.4, 0.5) is 4.79 Å². The Kier molecular flexibility index (Phi) is 5.58. The van der Waals surface area contributed by atoms with E-state index < -0.39 is 0 Å². The molecule has 3 rings (SSSR count). The molecule has 122 valence electrons. The third kappa shape index (κ3) is 4.28. The summed E-state index contributed by atoms with van der Waals surface area (Å²) in [5, 5.41) is 6.08. The molecule has 1 aliphatic heterocycles. The van der Waals surface area contributed by atoms with Crippen LogP contribution in [0.2, 0.25) is 0 Å². The maximum atomic E-state index is 12.6. The number of hydrogen-bond acceptors (Lipinski definition) is 4. The Hall–Kier alpha value is -1.95. The summed E-state index contributed by atoms with van der Waals surface area (Å²) >= 11 is 1.63. The molecule has 5 nitrogen and oxygen atoms in total. The summed E-state index contributed by atoms with van der Waals surface area (Å²) < 4.78 is 0. The molecule has 1 saturated heterocycles. The lowest BCUT2D eigenvalue weighted by Gasteiger charge is -2.30. The molecule has 2 amide bonds. The molecule has 1 fully saturated rings. The van der Waals surface area contributed by atoms with Crippen molar-refractivity contribution in [2.24, 2.45) is 0 Å². The van der Waals surface area contributed by atoms with Crippen LogP contribution >= 0.6 is 11.3 Å². The van der Waals surface area contributed by atoms with Crippen molar-refractivity contribution in [2.75, 3.05) is 13.1 Å². The van der Waals surface area contributed by atoms with Crippen LogP contribution in [-0.4, -0.2) is 34.0 Å². The van der Waals surface area contributed by atoms with Gasteiger partial charge in [-0.1, -0.05) is 12.8 Å². The minimum atomic E-state index is 0.0327. The topological polar surface area (TPSA) is 58.1 Å². The number of carbonyl (C=O) groups excluding carboxylic acids is 1. The van der Waals surface area contributed by atoms with E-state index in [1.807, 2.05) is 22.4 Å². The van der Waals surface area contributed by atoms with Gasteiger partial charge in [-0.3, -0.25) is 4.98 Å². The molecule has 1 atom stereocenters. The zero-order valence-corrected chi connectivity index (χ0v) is 14.0. The van der Waals surface area contributed by atoms with E-state index in [-0.39, 0.29) is 12.1 Å². The molecular weight excluding hydrogens is 308 g/mol. The summed E-state index contributed by atoms with van der Waals surface area (Å²) in [7, 11) is 0. The maximum Gasteiger partial charge on any atom is 0.317 e. The van der Waals surface area contributed by atoms with Crippen LogP contribution in [0.25, 0.3) is 0 Å². The standard InChI is InChI=1S/C17H22N4OS/c22-17(20-10-7-16-19-11-13-23-16)21-12-3-1-2-4-15(21)14-5-8-18-9-6-14/h5-6,8-9,11,13,15H,1-4,7,10,12H2,(H,20,22). The predicted octanol–water partition coefficient (Wildman–Crippen LogP) is 3.41. The monoisotopic (exact) mass is 330 g/mol. The molecular formula is C17H22N4OS. The fourth-order valence-corrected chi connectivity index (χ4v) is 3.66. The smallest absolute Gasteiger partial charge is 0.317 e. The Morgan fingerprint density at radius 2 is 2.13 bits per heavy atom. The van der Waals surface area contributed by atoms with Gasteiger partial charge in [0.05, 0.1) is 11.0 Å². The highest BCUT2D eigenvalue weighted by Crippen LogP contribution is 2.29. The third-order valence-electron chi connectivity index (χ3n) is 4.20. The highest BCUT2D eigenvalue weighted by Gasteiger charge is 2.26. The summed E-state index contributed by atoms with van der Waals surface area (Å²) in [5.41, 5.74) is 1.18. The summed E-state index contributed by atoms with van der Waals surface area (Å²) in [5.74, 6) is 0. The molecule has 0 radical (unpaired) electrons. The average molecular weight is 330 g/mol. The van der Waals surface area contributed by atoms with E-state index >= 15 is 0 Å². The van der Waals surface area contributed by atoms with Gasteiger partial charge in [0.1, 0.15) is 0 Å². The number of nitrogens with zero attached hydrogens (tertiary/aromatic N) is 3. The van der Waals surface area contributed by atoms with Gasteiger partial charge < -0.3 is 10.2 Å². The van der Waals surface area contributed by atoms with Crippen LogP contribution in [0.1, 0.15) is 42.3 Å². The molecule has 1 unspecified atom stereocenters. The zero-order chi connectivity index (χ0) is 15.9. The van der Waals surface area contributed by atoms with E-state index in [9.17, 15) is 4.79 Å². The largest absolute Gasteiger partial charge is 0.338 e. The Bertz CT molecular complexity index is 602. The number of thiazole rings is 1. The van der Waals surface area contributed by atoms with E-state index in [0.29, 0.717) is 6.54 Å². The second kappa shape index (κ2) is 8.06. The number of rotatable bonds is 4. The number of amides is 2.